The van der Waals surface area contributed by atoms with Crippen LogP contribution in [0.5, 0.6) is 5.75 Å². The van der Waals surface area contributed by atoms with Crippen molar-refractivity contribution in [3.63, 3.8) is 0 Å². The Morgan fingerprint density at radius 1 is 1.03 bits per heavy atom. The minimum Gasteiger partial charge on any atom is -0.483 e. The van der Waals surface area contributed by atoms with E-state index in [1.54, 1.807) is 6.07 Å². The zero-order valence-corrected chi connectivity index (χ0v) is 16.4. The van der Waals surface area contributed by atoms with Crippen LogP contribution in [0.3, 0.4) is 0 Å². The number of rotatable bonds is 8. The Balaban J connectivity index is 1.27. The number of imidazole rings is 1. The Morgan fingerprint density at radius 2 is 1.83 bits per heavy atom. The smallest absolute Gasteiger partial charge is 0.257 e. The number of para-hydroxylation sites is 1. The maximum Gasteiger partial charge on any atom is 0.257 e. The second-order valence-electron chi connectivity index (χ2n) is 7.00. The maximum atomic E-state index is 13.3. The quantitative estimate of drug-likeness (QED) is 0.467. The highest BCUT2D eigenvalue weighted by molar-refractivity contribution is 5.77. The molecule has 0 atom stereocenters. The molecule has 1 amide bonds. The van der Waals surface area contributed by atoms with Gasteiger partial charge in [-0.2, -0.15) is 0 Å². The van der Waals surface area contributed by atoms with Crippen LogP contribution >= 0.6 is 0 Å². The second-order valence-corrected chi connectivity index (χ2v) is 7.00. The van der Waals surface area contributed by atoms with Gasteiger partial charge in [-0.25, -0.2) is 9.37 Å². The minimum atomic E-state index is -0.310. The van der Waals surface area contributed by atoms with Gasteiger partial charge in [0.25, 0.3) is 5.91 Å². The number of hydrogen-bond acceptors (Lipinski definition) is 3. The summed E-state index contributed by atoms with van der Waals surface area (Å²) >= 11 is 0. The van der Waals surface area contributed by atoms with Crippen molar-refractivity contribution < 1.29 is 13.9 Å². The van der Waals surface area contributed by atoms with Crippen LogP contribution in [-0.4, -0.2) is 29.0 Å². The van der Waals surface area contributed by atoms with E-state index in [0.29, 0.717) is 35.6 Å². The molecule has 0 aliphatic heterocycles. The van der Waals surface area contributed by atoms with Gasteiger partial charge in [0.2, 0.25) is 0 Å². The van der Waals surface area contributed by atoms with Crippen molar-refractivity contribution in [2.45, 2.75) is 12.8 Å². The number of hydrogen-bond donors (Lipinski definition) is 2. The number of aromatic nitrogens is 2. The Bertz CT molecular complexity index is 1140. The summed E-state index contributed by atoms with van der Waals surface area (Å²) in [5, 5.41) is 2.83. The second kappa shape index (κ2) is 9.22. The predicted octanol–water partition coefficient (Wildman–Crippen LogP) is 4.03. The number of benzene rings is 3. The summed E-state index contributed by atoms with van der Waals surface area (Å²) in [4.78, 5) is 19.6. The van der Waals surface area contributed by atoms with E-state index in [9.17, 15) is 9.18 Å². The van der Waals surface area contributed by atoms with Crippen LogP contribution in [0.2, 0.25) is 0 Å². The lowest BCUT2D eigenvalue weighted by atomic mass is 10.0. The molecule has 0 fully saturated rings. The monoisotopic (exact) mass is 403 g/mol. The topological polar surface area (TPSA) is 67.0 Å². The van der Waals surface area contributed by atoms with Gasteiger partial charge in [0.15, 0.2) is 6.61 Å². The maximum absolute atomic E-state index is 13.3. The molecule has 0 saturated carbocycles. The summed E-state index contributed by atoms with van der Waals surface area (Å²) in [5.41, 5.74) is 3.57. The van der Waals surface area contributed by atoms with Crippen LogP contribution in [0, 0.1) is 5.82 Å². The number of aromatic amines is 1. The molecule has 1 aromatic heterocycles. The zero-order chi connectivity index (χ0) is 20.8. The van der Waals surface area contributed by atoms with E-state index in [4.69, 9.17) is 4.74 Å². The van der Waals surface area contributed by atoms with E-state index in [1.165, 1.54) is 17.7 Å². The Labute approximate surface area is 173 Å². The van der Waals surface area contributed by atoms with Gasteiger partial charge in [-0.1, -0.05) is 48.5 Å². The highest BCUT2D eigenvalue weighted by Crippen LogP contribution is 2.21. The lowest BCUT2D eigenvalue weighted by molar-refractivity contribution is -0.123. The minimum absolute atomic E-state index is 0.0584. The van der Waals surface area contributed by atoms with Gasteiger partial charge in [-0.05, 0) is 35.4 Å². The van der Waals surface area contributed by atoms with Crippen LogP contribution in [0.15, 0.2) is 72.8 Å². The summed E-state index contributed by atoms with van der Waals surface area (Å²) in [7, 11) is 0. The lowest BCUT2D eigenvalue weighted by Crippen LogP contribution is -2.30. The normalized spacial score (nSPS) is 10.8. The molecule has 3 aromatic carbocycles. The van der Waals surface area contributed by atoms with E-state index >= 15 is 0 Å². The van der Waals surface area contributed by atoms with Gasteiger partial charge in [0, 0.05) is 19.4 Å². The SMILES string of the molecule is O=C(COc1ccccc1Cc1ccccc1)NCCc1nc2ccc(F)cc2[nH]1. The van der Waals surface area contributed by atoms with E-state index in [2.05, 4.69) is 27.4 Å². The number of nitrogens with zero attached hydrogens (tertiary/aromatic N) is 1. The van der Waals surface area contributed by atoms with Gasteiger partial charge in [-0.15, -0.1) is 0 Å². The highest BCUT2D eigenvalue weighted by atomic mass is 19.1. The van der Waals surface area contributed by atoms with E-state index in [-0.39, 0.29) is 18.3 Å². The molecule has 0 radical (unpaired) electrons. The summed E-state index contributed by atoms with van der Waals surface area (Å²) < 4.78 is 19.0. The van der Waals surface area contributed by atoms with E-state index < -0.39 is 0 Å². The first-order valence-electron chi connectivity index (χ1n) is 9.83. The third-order valence-corrected chi connectivity index (χ3v) is 4.75. The van der Waals surface area contributed by atoms with Crippen molar-refractivity contribution in [2.24, 2.45) is 0 Å². The molecule has 152 valence electrons. The Kier molecular flexibility index (Phi) is 6.03. The van der Waals surface area contributed by atoms with Crippen molar-refractivity contribution in [1.82, 2.24) is 15.3 Å². The molecule has 30 heavy (non-hydrogen) atoms. The van der Waals surface area contributed by atoms with Crippen LogP contribution in [0.1, 0.15) is 17.0 Å². The van der Waals surface area contributed by atoms with Crippen LogP contribution in [-0.2, 0) is 17.6 Å². The van der Waals surface area contributed by atoms with E-state index in [0.717, 1.165) is 12.0 Å². The number of H-pyrrole nitrogens is 1. The molecule has 0 saturated heterocycles. The molecule has 2 N–H and O–H groups in total. The number of nitrogens with one attached hydrogen (secondary N) is 2. The average Bonchev–Trinajstić information content (AvgIpc) is 3.15. The molecule has 5 nitrogen and oxygen atoms in total. The predicted molar refractivity (Wildman–Crippen MR) is 114 cm³/mol. The Morgan fingerprint density at radius 3 is 2.70 bits per heavy atom. The van der Waals surface area contributed by atoms with Gasteiger partial charge in [0.1, 0.15) is 17.4 Å². The lowest BCUT2D eigenvalue weighted by Gasteiger charge is -2.11. The van der Waals surface area contributed by atoms with Gasteiger partial charge in [0.05, 0.1) is 11.0 Å². The number of carbonyl (C=O) groups excluding carboxylic acids is 1. The molecule has 0 bridgehead atoms. The van der Waals surface area contributed by atoms with Gasteiger partial charge in [-0.3, -0.25) is 4.79 Å². The number of amides is 1. The molecule has 6 heteroatoms. The average molecular weight is 403 g/mol. The first-order chi connectivity index (χ1) is 14.7. The summed E-state index contributed by atoms with van der Waals surface area (Å²) in [5.74, 6) is 0.892. The van der Waals surface area contributed by atoms with Crippen LogP contribution in [0.25, 0.3) is 11.0 Å². The molecule has 0 aliphatic carbocycles. The third-order valence-electron chi connectivity index (χ3n) is 4.75. The third kappa shape index (κ3) is 5.03. The van der Waals surface area contributed by atoms with Gasteiger partial charge < -0.3 is 15.0 Å². The van der Waals surface area contributed by atoms with Crippen molar-refractivity contribution in [3.05, 3.63) is 95.6 Å². The molecule has 1 heterocycles. The van der Waals surface area contributed by atoms with Gasteiger partial charge >= 0.3 is 0 Å². The van der Waals surface area contributed by atoms with Crippen LogP contribution in [0.4, 0.5) is 4.39 Å². The fourth-order valence-corrected chi connectivity index (χ4v) is 3.27. The number of halogens is 1. The molecule has 4 rings (SSSR count). The molecular formula is C24H22FN3O2. The van der Waals surface area contributed by atoms with Crippen molar-refractivity contribution >= 4 is 16.9 Å². The Hall–Kier alpha value is -3.67. The standard InChI is InChI=1S/C24H22FN3O2/c25-19-10-11-20-21(15-19)28-23(27-20)12-13-26-24(29)16-30-22-9-5-4-8-18(22)14-17-6-2-1-3-7-17/h1-11,15H,12-14,16H2,(H,26,29)(H,27,28). The molecule has 0 unspecified atom stereocenters. The van der Waals surface area contributed by atoms with Crippen LogP contribution < -0.4 is 10.1 Å². The molecule has 0 spiro atoms. The molecule has 0 aliphatic rings. The summed E-state index contributed by atoms with van der Waals surface area (Å²) in [6, 6.07) is 22.3. The van der Waals surface area contributed by atoms with E-state index in [1.807, 2.05) is 42.5 Å². The number of carbonyl (C=O) groups is 1. The fraction of sp³-hybridized carbons (Fsp3) is 0.167. The summed E-state index contributed by atoms with van der Waals surface area (Å²) in [6.45, 7) is 0.354. The van der Waals surface area contributed by atoms with Crippen molar-refractivity contribution in [2.75, 3.05) is 13.2 Å². The van der Waals surface area contributed by atoms with Crippen molar-refractivity contribution in [1.29, 1.82) is 0 Å². The number of ether oxygens (including phenoxy) is 1. The van der Waals surface area contributed by atoms with Crippen molar-refractivity contribution in [3.8, 4) is 5.75 Å². The largest absolute Gasteiger partial charge is 0.483 e. The zero-order valence-electron chi connectivity index (χ0n) is 16.4. The fourth-order valence-electron chi connectivity index (χ4n) is 3.27. The summed E-state index contributed by atoms with van der Waals surface area (Å²) in [6.07, 6.45) is 1.26. The first kappa shape index (κ1) is 19.6. The number of fused-ring (bicyclic) bond motifs is 1. The highest BCUT2D eigenvalue weighted by Gasteiger charge is 2.08. The first-order valence-corrected chi connectivity index (χ1v) is 9.83. The molecular weight excluding hydrogens is 381 g/mol. The molecule has 4 aromatic rings.